The van der Waals surface area contributed by atoms with Gasteiger partial charge in [0, 0.05) is 25.8 Å². The van der Waals surface area contributed by atoms with E-state index in [1.807, 2.05) is 0 Å². The minimum atomic E-state index is -3.81. The Morgan fingerprint density at radius 2 is 1.63 bits per heavy atom. The minimum absolute atomic E-state index is 0.00881. The molecule has 2 aromatic rings. The molecule has 0 fully saturated rings. The quantitative estimate of drug-likeness (QED) is 0.663. The molecule has 1 amide bonds. The number of hydrogen-bond donors (Lipinski definition) is 1. The molecule has 0 atom stereocenters. The molecule has 1 aliphatic heterocycles. The molecule has 0 saturated heterocycles. The van der Waals surface area contributed by atoms with Crippen LogP contribution in [0.25, 0.3) is 0 Å². The monoisotopic (exact) mass is 455 g/mol. The second-order valence-electron chi connectivity index (χ2n) is 6.67. The molecular formula is C18H21N3O7S2. The van der Waals surface area contributed by atoms with Crippen LogP contribution in [0.3, 0.4) is 0 Å². The van der Waals surface area contributed by atoms with Crippen LogP contribution in [0.4, 0.5) is 11.4 Å². The summed E-state index contributed by atoms with van der Waals surface area (Å²) in [7, 11) is -4.68. The lowest BCUT2D eigenvalue weighted by atomic mass is 10.2. The van der Waals surface area contributed by atoms with Crippen molar-refractivity contribution in [1.82, 2.24) is 4.31 Å². The number of anilines is 2. The molecule has 30 heavy (non-hydrogen) atoms. The van der Waals surface area contributed by atoms with E-state index in [4.69, 9.17) is 9.47 Å². The maximum absolute atomic E-state index is 12.5. The molecule has 10 nitrogen and oxygen atoms in total. The van der Waals surface area contributed by atoms with E-state index in [0.717, 1.165) is 14.9 Å². The third-order valence-corrected chi connectivity index (χ3v) is 7.22. The number of nitrogens with zero attached hydrogens (tertiary/aromatic N) is 2. The highest BCUT2D eigenvalue weighted by molar-refractivity contribution is 7.92. The third kappa shape index (κ3) is 4.66. The molecule has 1 aliphatic rings. The molecule has 0 aromatic heterocycles. The molecule has 12 heteroatoms. The average molecular weight is 456 g/mol. The summed E-state index contributed by atoms with van der Waals surface area (Å²) in [5, 5.41) is 2.61. The van der Waals surface area contributed by atoms with Gasteiger partial charge in [-0.05, 0) is 36.4 Å². The van der Waals surface area contributed by atoms with Crippen LogP contribution >= 0.6 is 0 Å². The van der Waals surface area contributed by atoms with Crippen LogP contribution in [0, 0.1) is 0 Å². The number of sulfonamides is 2. The number of benzene rings is 2. The third-order valence-electron chi connectivity index (χ3n) is 4.25. The average Bonchev–Trinajstić information content (AvgIpc) is 3.13. The maximum atomic E-state index is 12.5. The first-order chi connectivity index (χ1) is 14.0. The van der Waals surface area contributed by atoms with E-state index < -0.39 is 32.5 Å². The first-order valence-electron chi connectivity index (χ1n) is 8.68. The molecule has 0 saturated carbocycles. The standard InChI is InChI=1S/C18H21N3O7S2/c1-20(2)30(25,26)15-7-5-14(6-8-15)21(29(3,23)24)11-18(22)19-13-4-9-16-17(10-13)28-12-27-16/h4-10H,11-12H2,1-3H3,(H,19,22). The van der Waals surface area contributed by atoms with Gasteiger partial charge in [-0.3, -0.25) is 9.10 Å². The van der Waals surface area contributed by atoms with Gasteiger partial charge < -0.3 is 14.8 Å². The van der Waals surface area contributed by atoms with Gasteiger partial charge in [0.15, 0.2) is 11.5 Å². The van der Waals surface area contributed by atoms with Gasteiger partial charge in [0.25, 0.3) is 0 Å². The number of fused-ring (bicyclic) bond motifs is 1. The van der Waals surface area contributed by atoms with Gasteiger partial charge in [-0.25, -0.2) is 21.1 Å². The summed E-state index contributed by atoms with van der Waals surface area (Å²) in [6.45, 7) is -0.402. The molecule has 1 N–H and O–H groups in total. The molecule has 2 aromatic carbocycles. The number of carbonyl (C=O) groups is 1. The second kappa shape index (κ2) is 8.13. The Bertz CT molecular complexity index is 1160. The Morgan fingerprint density at radius 3 is 2.23 bits per heavy atom. The summed E-state index contributed by atoms with van der Waals surface area (Å²) in [5.74, 6) is 0.452. The number of ether oxygens (including phenoxy) is 2. The van der Waals surface area contributed by atoms with Crippen LogP contribution < -0.4 is 19.1 Å². The van der Waals surface area contributed by atoms with Crippen molar-refractivity contribution in [3.05, 3.63) is 42.5 Å². The first-order valence-corrected chi connectivity index (χ1v) is 12.0. The number of hydrogen-bond acceptors (Lipinski definition) is 7. The molecule has 0 aliphatic carbocycles. The Morgan fingerprint density at radius 1 is 1.00 bits per heavy atom. The zero-order chi connectivity index (χ0) is 22.1. The Kier molecular flexibility index (Phi) is 5.92. The van der Waals surface area contributed by atoms with Crippen molar-refractivity contribution in [2.45, 2.75) is 4.90 Å². The fourth-order valence-corrected chi connectivity index (χ4v) is 4.46. The van der Waals surface area contributed by atoms with E-state index in [9.17, 15) is 21.6 Å². The first kappa shape index (κ1) is 21.9. The summed E-state index contributed by atoms with van der Waals surface area (Å²) in [6, 6.07) is 10.1. The number of rotatable bonds is 7. The molecule has 0 spiro atoms. The van der Waals surface area contributed by atoms with Gasteiger partial charge in [0.2, 0.25) is 32.7 Å². The van der Waals surface area contributed by atoms with Crippen LogP contribution in [-0.4, -0.2) is 60.7 Å². The molecule has 3 rings (SSSR count). The van der Waals surface area contributed by atoms with Crippen LogP contribution in [0.15, 0.2) is 47.4 Å². The molecular weight excluding hydrogens is 434 g/mol. The fourth-order valence-electron chi connectivity index (χ4n) is 2.70. The Labute approximate surface area is 175 Å². The summed E-state index contributed by atoms with van der Waals surface area (Å²) in [6.07, 6.45) is 0.964. The van der Waals surface area contributed by atoms with Gasteiger partial charge >= 0.3 is 0 Å². The molecule has 0 unspecified atom stereocenters. The van der Waals surface area contributed by atoms with Gasteiger partial charge in [-0.2, -0.15) is 0 Å². The van der Waals surface area contributed by atoms with Gasteiger partial charge in [-0.15, -0.1) is 0 Å². The van der Waals surface area contributed by atoms with Gasteiger partial charge in [0.1, 0.15) is 6.54 Å². The normalized spacial score (nSPS) is 13.3. The summed E-state index contributed by atoms with van der Waals surface area (Å²) in [5.41, 5.74) is 0.584. The van der Waals surface area contributed by atoms with Crippen molar-refractivity contribution in [3.8, 4) is 11.5 Å². The van der Waals surface area contributed by atoms with Gasteiger partial charge in [0.05, 0.1) is 16.8 Å². The van der Waals surface area contributed by atoms with E-state index in [-0.39, 0.29) is 17.4 Å². The van der Waals surface area contributed by atoms with Crippen molar-refractivity contribution in [1.29, 1.82) is 0 Å². The van der Waals surface area contributed by atoms with Crippen LogP contribution in [0.1, 0.15) is 0 Å². The lowest BCUT2D eigenvalue weighted by molar-refractivity contribution is -0.114. The lowest BCUT2D eigenvalue weighted by Gasteiger charge is -2.22. The fraction of sp³-hybridized carbons (Fsp3) is 0.278. The van der Waals surface area contributed by atoms with E-state index in [0.29, 0.717) is 17.2 Å². The van der Waals surface area contributed by atoms with E-state index in [1.165, 1.54) is 38.4 Å². The highest BCUT2D eigenvalue weighted by Gasteiger charge is 2.23. The smallest absolute Gasteiger partial charge is 0.245 e. The van der Waals surface area contributed by atoms with Crippen molar-refractivity contribution in [2.24, 2.45) is 0 Å². The number of nitrogens with one attached hydrogen (secondary N) is 1. The molecule has 1 heterocycles. The number of carbonyl (C=O) groups excluding carboxylic acids is 1. The maximum Gasteiger partial charge on any atom is 0.245 e. The van der Waals surface area contributed by atoms with E-state index in [1.54, 1.807) is 18.2 Å². The van der Waals surface area contributed by atoms with E-state index >= 15 is 0 Å². The zero-order valence-corrected chi connectivity index (χ0v) is 18.2. The Hall–Kier alpha value is -2.83. The predicted octanol–water partition coefficient (Wildman–Crippen LogP) is 1.07. The highest BCUT2D eigenvalue weighted by Crippen LogP contribution is 2.34. The second-order valence-corrected chi connectivity index (χ2v) is 10.7. The predicted molar refractivity (Wildman–Crippen MR) is 111 cm³/mol. The van der Waals surface area contributed by atoms with Crippen LogP contribution in [0.2, 0.25) is 0 Å². The molecule has 0 bridgehead atoms. The largest absolute Gasteiger partial charge is 0.454 e. The lowest BCUT2D eigenvalue weighted by Crippen LogP contribution is -2.37. The van der Waals surface area contributed by atoms with Crippen molar-refractivity contribution >= 4 is 37.3 Å². The van der Waals surface area contributed by atoms with Crippen molar-refractivity contribution in [3.63, 3.8) is 0 Å². The van der Waals surface area contributed by atoms with Crippen LogP contribution in [0.5, 0.6) is 11.5 Å². The Balaban J connectivity index is 1.79. The van der Waals surface area contributed by atoms with Crippen molar-refractivity contribution in [2.75, 3.05) is 43.3 Å². The number of amides is 1. The molecule has 162 valence electrons. The minimum Gasteiger partial charge on any atom is -0.454 e. The summed E-state index contributed by atoms with van der Waals surface area (Å²) < 4.78 is 61.3. The van der Waals surface area contributed by atoms with Crippen LogP contribution in [-0.2, 0) is 24.8 Å². The summed E-state index contributed by atoms with van der Waals surface area (Å²) >= 11 is 0. The topological polar surface area (TPSA) is 122 Å². The highest BCUT2D eigenvalue weighted by atomic mass is 32.2. The zero-order valence-electron chi connectivity index (χ0n) is 16.5. The SMILES string of the molecule is CN(C)S(=O)(=O)c1ccc(N(CC(=O)Nc2ccc3c(c2)OCO3)S(C)(=O)=O)cc1. The van der Waals surface area contributed by atoms with E-state index in [2.05, 4.69) is 5.32 Å². The van der Waals surface area contributed by atoms with Crippen molar-refractivity contribution < 1.29 is 31.1 Å². The van der Waals surface area contributed by atoms with Gasteiger partial charge in [-0.1, -0.05) is 0 Å². The summed E-state index contributed by atoms with van der Waals surface area (Å²) in [4.78, 5) is 12.5. The molecule has 0 radical (unpaired) electrons.